The summed E-state index contributed by atoms with van der Waals surface area (Å²) in [6.07, 6.45) is 0. The summed E-state index contributed by atoms with van der Waals surface area (Å²) in [5, 5.41) is 2.93. The molecule has 1 atom stereocenters. The van der Waals surface area contributed by atoms with Gasteiger partial charge in [0.1, 0.15) is 0 Å². The molecule has 0 unspecified atom stereocenters. The number of rotatable bonds is 2. The van der Waals surface area contributed by atoms with Crippen molar-refractivity contribution in [2.24, 2.45) is 0 Å². The molecule has 1 saturated heterocycles. The summed E-state index contributed by atoms with van der Waals surface area (Å²) in [5.41, 5.74) is 2.12. The SMILES string of the molecule is CN1CCN(C(=O)NCC#Cc2ccccc2)[C@@H](c2ccccc2)C1. The van der Waals surface area contributed by atoms with Crippen LogP contribution in [0.15, 0.2) is 60.7 Å². The minimum Gasteiger partial charge on any atom is -0.327 e. The van der Waals surface area contributed by atoms with Crippen LogP contribution in [0.3, 0.4) is 0 Å². The number of carbonyl (C=O) groups is 1. The summed E-state index contributed by atoms with van der Waals surface area (Å²) in [7, 11) is 2.09. The van der Waals surface area contributed by atoms with Gasteiger partial charge in [-0.2, -0.15) is 0 Å². The second-order valence-electron chi connectivity index (χ2n) is 6.21. The first-order valence-electron chi connectivity index (χ1n) is 8.56. The summed E-state index contributed by atoms with van der Waals surface area (Å²) in [5.74, 6) is 6.08. The van der Waals surface area contributed by atoms with Crippen molar-refractivity contribution >= 4 is 6.03 Å². The largest absolute Gasteiger partial charge is 0.327 e. The molecule has 0 radical (unpaired) electrons. The highest BCUT2D eigenvalue weighted by Crippen LogP contribution is 2.24. The molecular formula is C21H23N3O. The third-order valence-corrected chi connectivity index (χ3v) is 4.36. The number of amides is 2. The van der Waals surface area contributed by atoms with E-state index in [0.29, 0.717) is 13.1 Å². The highest BCUT2D eigenvalue weighted by atomic mass is 16.2. The highest BCUT2D eigenvalue weighted by molar-refractivity contribution is 5.75. The van der Waals surface area contributed by atoms with Gasteiger partial charge in [-0.25, -0.2) is 4.79 Å². The molecule has 1 heterocycles. The van der Waals surface area contributed by atoms with E-state index in [1.807, 2.05) is 53.4 Å². The molecule has 128 valence electrons. The maximum absolute atomic E-state index is 12.6. The molecule has 1 aliphatic heterocycles. The second-order valence-corrected chi connectivity index (χ2v) is 6.21. The zero-order chi connectivity index (χ0) is 17.5. The van der Waals surface area contributed by atoms with Crippen LogP contribution in [0.25, 0.3) is 0 Å². The number of carbonyl (C=O) groups excluding carboxylic acids is 1. The van der Waals surface area contributed by atoms with E-state index in [0.717, 1.165) is 18.7 Å². The molecule has 1 aliphatic rings. The fourth-order valence-corrected chi connectivity index (χ4v) is 3.01. The van der Waals surface area contributed by atoms with Gasteiger partial charge < -0.3 is 15.1 Å². The van der Waals surface area contributed by atoms with E-state index in [2.05, 4.69) is 41.2 Å². The first-order valence-corrected chi connectivity index (χ1v) is 8.56. The van der Waals surface area contributed by atoms with Crippen molar-refractivity contribution < 1.29 is 4.79 Å². The number of likely N-dealkylation sites (N-methyl/N-ethyl adjacent to an activating group) is 1. The molecule has 0 saturated carbocycles. The van der Waals surface area contributed by atoms with E-state index >= 15 is 0 Å². The van der Waals surface area contributed by atoms with Crippen LogP contribution in [0.1, 0.15) is 17.2 Å². The van der Waals surface area contributed by atoms with E-state index in [-0.39, 0.29) is 12.1 Å². The molecule has 0 spiro atoms. The Bertz CT molecular complexity index is 749. The Balaban J connectivity index is 1.62. The van der Waals surface area contributed by atoms with Gasteiger partial charge >= 0.3 is 6.03 Å². The Labute approximate surface area is 149 Å². The van der Waals surface area contributed by atoms with Gasteiger partial charge in [-0.1, -0.05) is 60.4 Å². The van der Waals surface area contributed by atoms with Crippen LogP contribution in [0.4, 0.5) is 4.79 Å². The minimum atomic E-state index is -0.0516. The van der Waals surface area contributed by atoms with E-state index in [1.54, 1.807) is 0 Å². The molecule has 1 fully saturated rings. The average molecular weight is 333 g/mol. The number of benzene rings is 2. The van der Waals surface area contributed by atoms with Gasteiger partial charge in [0, 0.05) is 25.2 Å². The van der Waals surface area contributed by atoms with Crippen LogP contribution in [0.2, 0.25) is 0 Å². The van der Waals surface area contributed by atoms with Gasteiger partial charge in [-0.15, -0.1) is 0 Å². The molecule has 1 N–H and O–H groups in total. The van der Waals surface area contributed by atoms with Crippen molar-refractivity contribution in [3.8, 4) is 11.8 Å². The fourth-order valence-electron chi connectivity index (χ4n) is 3.01. The second kappa shape index (κ2) is 8.36. The van der Waals surface area contributed by atoms with Gasteiger partial charge in [0.25, 0.3) is 0 Å². The molecule has 4 heteroatoms. The number of urea groups is 1. The number of nitrogens with zero attached hydrogens (tertiary/aromatic N) is 2. The zero-order valence-electron chi connectivity index (χ0n) is 14.5. The molecule has 25 heavy (non-hydrogen) atoms. The summed E-state index contributed by atoms with van der Waals surface area (Å²) in [4.78, 5) is 16.8. The van der Waals surface area contributed by atoms with Crippen LogP contribution in [0.5, 0.6) is 0 Å². The predicted octanol–water partition coefficient (Wildman–Crippen LogP) is 2.74. The monoisotopic (exact) mass is 333 g/mol. The number of hydrogen-bond donors (Lipinski definition) is 1. The fraction of sp³-hybridized carbons (Fsp3) is 0.286. The smallest absolute Gasteiger partial charge is 0.318 e. The molecule has 0 aliphatic carbocycles. The highest BCUT2D eigenvalue weighted by Gasteiger charge is 2.29. The van der Waals surface area contributed by atoms with Gasteiger partial charge in [0.2, 0.25) is 0 Å². The lowest BCUT2D eigenvalue weighted by Crippen LogP contribution is -2.52. The summed E-state index contributed by atoms with van der Waals surface area (Å²) in [6.45, 7) is 2.79. The first kappa shape index (κ1) is 17.1. The number of nitrogens with one attached hydrogen (secondary N) is 1. The minimum absolute atomic E-state index is 0.0516. The molecule has 0 bridgehead atoms. The Morgan fingerprint density at radius 3 is 2.48 bits per heavy atom. The summed E-state index contributed by atoms with van der Waals surface area (Å²) in [6, 6.07) is 20.0. The third kappa shape index (κ3) is 4.62. The van der Waals surface area contributed by atoms with E-state index in [4.69, 9.17) is 0 Å². The molecule has 4 nitrogen and oxygen atoms in total. The van der Waals surface area contributed by atoms with Gasteiger partial charge in [0.05, 0.1) is 12.6 Å². The molecule has 2 amide bonds. The molecular weight excluding hydrogens is 310 g/mol. The quantitative estimate of drug-likeness (QED) is 0.858. The molecule has 2 aromatic carbocycles. The van der Waals surface area contributed by atoms with Crippen molar-refractivity contribution in [2.45, 2.75) is 6.04 Å². The van der Waals surface area contributed by atoms with E-state index in [1.165, 1.54) is 5.56 Å². The van der Waals surface area contributed by atoms with Crippen molar-refractivity contribution in [1.29, 1.82) is 0 Å². The van der Waals surface area contributed by atoms with Gasteiger partial charge in [0.15, 0.2) is 0 Å². The van der Waals surface area contributed by atoms with Gasteiger partial charge in [-0.05, 0) is 24.7 Å². The Kier molecular flexibility index (Phi) is 5.71. The maximum Gasteiger partial charge on any atom is 0.318 e. The van der Waals surface area contributed by atoms with E-state index in [9.17, 15) is 4.79 Å². The normalized spacial score (nSPS) is 17.5. The summed E-state index contributed by atoms with van der Waals surface area (Å²) >= 11 is 0. The Hall–Kier alpha value is -2.77. The lowest BCUT2D eigenvalue weighted by Gasteiger charge is -2.40. The van der Waals surface area contributed by atoms with Crippen LogP contribution in [0, 0.1) is 11.8 Å². The van der Waals surface area contributed by atoms with Crippen LogP contribution in [-0.4, -0.2) is 49.1 Å². The topological polar surface area (TPSA) is 35.6 Å². The standard InChI is InChI=1S/C21H23N3O/c1-23-15-16-24(20(17-23)19-12-6-3-7-13-19)21(25)22-14-8-11-18-9-4-2-5-10-18/h2-7,9-10,12-13,20H,14-17H2,1H3,(H,22,25)/t20-/m1/s1. The van der Waals surface area contributed by atoms with Crippen molar-refractivity contribution in [3.63, 3.8) is 0 Å². The Morgan fingerprint density at radius 2 is 1.76 bits per heavy atom. The van der Waals surface area contributed by atoms with E-state index < -0.39 is 0 Å². The molecule has 0 aromatic heterocycles. The maximum atomic E-state index is 12.6. The van der Waals surface area contributed by atoms with Gasteiger partial charge in [-0.3, -0.25) is 0 Å². The first-order chi connectivity index (χ1) is 12.2. The predicted molar refractivity (Wildman–Crippen MR) is 100 cm³/mol. The van der Waals surface area contributed by atoms with Crippen molar-refractivity contribution in [3.05, 3.63) is 71.8 Å². The van der Waals surface area contributed by atoms with Crippen LogP contribution < -0.4 is 5.32 Å². The lowest BCUT2D eigenvalue weighted by molar-refractivity contribution is 0.109. The zero-order valence-corrected chi connectivity index (χ0v) is 14.5. The third-order valence-electron chi connectivity index (χ3n) is 4.36. The molecule has 3 rings (SSSR count). The number of piperazine rings is 1. The van der Waals surface area contributed by atoms with Crippen molar-refractivity contribution in [1.82, 2.24) is 15.1 Å². The lowest BCUT2D eigenvalue weighted by atomic mass is 10.0. The average Bonchev–Trinajstić information content (AvgIpc) is 2.66. The van der Waals surface area contributed by atoms with Crippen LogP contribution in [-0.2, 0) is 0 Å². The Morgan fingerprint density at radius 1 is 1.08 bits per heavy atom. The summed E-state index contributed by atoms with van der Waals surface area (Å²) < 4.78 is 0. The number of hydrogen-bond acceptors (Lipinski definition) is 2. The molecule has 2 aromatic rings. The van der Waals surface area contributed by atoms with Crippen LogP contribution >= 0.6 is 0 Å². The van der Waals surface area contributed by atoms with Crippen molar-refractivity contribution in [2.75, 3.05) is 33.2 Å².